The number of carbonyl (C=O) groups is 2. The minimum absolute atomic E-state index is 0.00516. The Hall–Kier alpha value is -2.53. The molecule has 4 aliphatic rings. The van der Waals surface area contributed by atoms with Crippen molar-refractivity contribution >= 4 is 29.1 Å². The lowest BCUT2D eigenvalue weighted by atomic mass is 9.58. The standard InChI is InChI=1S/C23H24ClN3O2/c24-17-5-3-4-14(10-17)13-25-21(28)19-11-16-9-8-15(19)12-23(16)26-20-7-2-1-6-18(20)22(29)27-23/h1-7,10,15-16,19,26H,8-9,11-13H2,(H,25,28)(H,27,29)/t15-,16-,19-,23+/m0/s1. The van der Waals surface area contributed by atoms with E-state index in [-0.39, 0.29) is 29.6 Å². The molecule has 0 unspecified atom stereocenters. The quantitative estimate of drug-likeness (QED) is 0.719. The number of carbonyl (C=O) groups excluding carboxylic acids is 2. The molecule has 6 rings (SSSR count). The molecule has 5 nitrogen and oxygen atoms in total. The van der Waals surface area contributed by atoms with Crippen LogP contribution in [0.5, 0.6) is 0 Å². The van der Waals surface area contributed by atoms with Gasteiger partial charge >= 0.3 is 0 Å². The van der Waals surface area contributed by atoms with Gasteiger partial charge in [0.1, 0.15) is 5.66 Å². The third-order valence-electron chi connectivity index (χ3n) is 6.83. The number of fused-ring (bicyclic) bond motifs is 3. The van der Waals surface area contributed by atoms with E-state index in [9.17, 15) is 9.59 Å². The first-order chi connectivity index (χ1) is 14.0. The lowest BCUT2D eigenvalue weighted by Gasteiger charge is -2.56. The molecule has 3 N–H and O–H groups in total. The Morgan fingerprint density at radius 2 is 2.00 bits per heavy atom. The number of para-hydroxylation sites is 1. The molecule has 1 heterocycles. The first-order valence-electron chi connectivity index (χ1n) is 10.3. The van der Waals surface area contributed by atoms with Gasteiger partial charge in [-0.05, 0) is 61.4 Å². The van der Waals surface area contributed by atoms with E-state index in [1.54, 1.807) is 0 Å². The van der Waals surface area contributed by atoms with E-state index in [2.05, 4.69) is 16.0 Å². The van der Waals surface area contributed by atoms with Gasteiger partial charge in [0.2, 0.25) is 5.91 Å². The van der Waals surface area contributed by atoms with Gasteiger partial charge in [0, 0.05) is 29.1 Å². The summed E-state index contributed by atoms with van der Waals surface area (Å²) in [5.74, 6) is 0.588. The molecule has 1 aliphatic heterocycles. The summed E-state index contributed by atoms with van der Waals surface area (Å²) in [6.07, 6.45) is 3.63. The van der Waals surface area contributed by atoms with Crippen LogP contribution in [0.2, 0.25) is 5.02 Å². The maximum atomic E-state index is 12.9. The molecule has 0 radical (unpaired) electrons. The Labute approximate surface area is 175 Å². The number of amides is 2. The van der Waals surface area contributed by atoms with Gasteiger partial charge in [-0.2, -0.15) is 0 Å². The zero-order chi connectivity index (χ0) is 20.0. The van der Waals surface area contributed by atoms with Crippen LogP contribution < -0.4 is 16.0 Å². The van der Waals surface area contributed by atoms with Crippen molar-refractivity contribution in [3.05, 3.63) is 64.7 Å². The summed E-state index contributed by atoms with van der Waals surface area (Å²) in [4.78, 5) is 25.6. The largest absolute Gasteiger partial charge is 0.362 e. The fourth-order valence-electron chi connectivity index (χ4n) is 5.43. The monoisotopic (exact) mass is 409 g/mol. The molecule has 6 heteroatoms. The third-order valence-corrected chi connectivity index (χ3v) is 7.07. The summed E-state index contributed by atoms with van der Waals surface area (Å²) in [5, 5.41) is 10.6. The molecule has 0 aromatic heterocycles. The van der Waals surface area contributed by atoms with Gasteiger partial charge in [-0.15, -0.1) is 0 Å². The average molecular weight is 410 g/mol. The minimum atomic E-state index is -0.432. The minimum Gasteiger partial charge on any atom is -0.362 e. The van der Waals surface area contributed by atoms with Crippen LogP contribution >= 0.6 is 11.6 Å². The smallest absolute Gasteiger partial charge is 0.255 e. The molecule has 2 aromatic carbocycles. The van der Waals surface area contributed by atoms with Crippen molar-refractivity contribution in [3.63, 3.8) is 0 Å². The molecule has 2 bridgehead atoms. The fourth-order valence-corrected chi connectivity index (χ4v) is 5.64. The lowest BCUT2D eigenvalue weighted by Crippen LogP contribution is -2.68. The number of hydrogen-bond donors (Lipinski definition) is 3. The van der Waals surface area contributed by atoms with Gasteiger partial charge in [-0.25, -0.2) is 0 Å². The van der Waals surface area contributed by atoms with Crippen molar-refractivity contribution in [3.8, 4) is 0 Å². The molecule has 29 heavy (non-hydrogen) atoms. The highest BCUT2D eigenvalue weighted by molar-refractivity contribution is 6.30. The van der Waals surface area contributed by atoms with Crippen molar-refractivity contribution in [1.29, 1.82) is 0 Å². The highest BCUT2D eigenvalue weighted by Crippen LogP contribution is 2.51. The summed E-state index contributed by atoms with van der Waals surface area (Å²) in [6.45, 7) is 0.487. The predicted molar refractivity (Wildman–Crippen MR) is 112 cm³/mol. The Morgan fingerprint density at radius 1 is 1.14 bits per heavy atom. The van der Waals surface area contributed by atoms with Crippen LogP contribution in [-0.4, -0.2) is 17.5 Å². The molecular weight excluding hydrogens is 386 g/mol. The number of anilines is 1. The van der Waals surface area contributed by atoms with E-state index in [0.717, 1.165) is 36.9 Å². The molecule has 4 atom stereocenters. The van der Waals surface area contributed by atoms with E-state index >= 15 is 0 Å². The summed E-state index contributed by atoms with van der Waals surface area (Å²) < 4.78 is 0. The normalized spacial score (nSPS) is 29.7. The van der Waals surface area contributed by atoms with Gasteiger partial charge < -0.3 is 16.0 Å². The van der Waals surface area contributed by atoms with Gasteiger partial charge in [-0.1, -0.05) is 35.9 Å². The Morgan fingerprint density at radius 3 is 2.79 bits per heavy atom. The zero-order valence-electron chi connectivity index (χ0n) is 16.1. The number of benzene rings is 2. The molecule has 0 saturated heterocycles. The lowest BCUT2D eigenvalue weighted by molar-refractivity contribution is -0.132. The second kappa shape index (κ2) is 7.06. The number of hydrogen-bond acceptors (Lipinski definition) is 3. The molecular formula is C23H24ClN3O2. The highest BCUT2D eigenvalue weighted by Gasteiger charge is 2.55. The summed E-state index contributed by atoms with van der Waals surface area (Å²) >= 11 is 6.04. The second-order valence-electron chi connectivity index (χ2n) is 8.52. The van der Waals surface area contributed by atoms with Crippen molar-refractivity contribution < 1.29 is 9.59 Å². The van der Waals surface area contributed by atoms with Crippen molar-refractivity contribution in [2.45, 2.75) is 37.9 Å². The molecule has 2 amide bonds. The molecule has 3 saturated carbocycles. The Balaban J connectivity index is 1.29. The topological polar surface area (TPSA) is 70.2 Å². The Kier molecular flexibility index (Phi) is 4.50. The van der Waals surface area contributed by atoms with Crippen LogP contribution in [-0.2, 0) is 11.3 Å². The van der Waals surface area contributed by atoms with Crippen LogP contribution in [0.15, 0.2) is 48.5 Å². The van der Waals surface area contributed by atoms with Crippen LogP contribution in [0.4, 0.5) is 5.69 Å². The van der Waals surface area contributed by atoms with Crippen molar-refractivity contribution in [1.82, 2.24) is 10.6 Å². The summed E-state index contributed by atoms with van der Waals surface area (Å²) in [6, 6.07) is 15.2. The predicted octanol–water partition coefficient (Wildman–Crippen LogP) is 3.94. The van der Waals surface area contributed by atoms with Crippen LogP contribution in [0.25, 0.3) is 0 Å². The van der Waals surface area contributed by atoms with Gasteiger partial charge in [-0.3, -0.25) is 9.59 Å². The number of rotatable bonds is 3. The van der Waals surface area contributed by atoms with Gasteiger partial charge in [0.25, 0.3) is 5.91 Å². The van der Waals surface area contributed by atoms with E-state index in [1.165, 1.54) is 0 Å². The van der Waals surface area contributed by atoms with Crippen molar-refractivity contribution in [2.24, 2.45) is 17.8 Å². The van der Waals surface area contributed by atoms with Crippen molar-refractivity contribution in [2.75, 3.05) is 5.32 Å². The van der Waals surface area contributed by atoms with Crippen LogP contribution in [0.1, 0.15) is 41.6 Å². The average Bonchev–Trinajstić information content (AvgIpc) is 2.72. The molecule has 2 aromatic rings. The molecule has 3 fully saturated rings. The summed E-state index contributed by atoms with van der Waals surface area (Å²) in [7, 11) is 0. The maximum absolute atomic E-state index is 12.9. The van der Waals surface area contributed by atoms with E-state index in [0.29, 0.717) is 17.1 Å². The fraction of sp³-hybridized carbons (Fsp3) is 0.391. The SMILES string of the molecule is O=C1N[C@@]2(C[C@@H]3CC[C@H]2C[C@@H]3C(=O)NCc2cccc(Cl)c2)Nc2ccccc21. The zero-order valence-corrected chi connectivity index (χ0v) is 16.8. The Bertz CT molecular complexity index is 978. The van der Waals surface area contributed by atoms with E-state index < -0.39 is 5.66 Å². The van der Waals surface area contributed by atoms with Gasteiger partial charge in [0.15, 0.2) is 0 Å². The van der Waals surface area contributed by atoms with E-state index in [1.807, 2.05) is 48.5 Å². The number of nitrogens with one attached hydrogen (secondary N) is 3. The first kappa shape index (κ1) is 18.5. The third kappa shape index (κ3) is 3.27. The first-order valence-corrected chi connectivity index (χ1v) is 10.6. The number of halogens is 1. The molecule has 150 valence electrons. The highest BCUT2D eigenvalue weighted by atomic mass is 35.5. The van der Waals surface area contributed by atoms with Crippen LogP contribution in [0.3, 0.4) is 0 Å². The van der Waals surface area contributed by atoms with Crippen LogP contribution in [0, 0.1) is 17.8 Å². The maximum Gasteiger partial charge on any atom is 0.255 e. The second-order valence-corrected chi connectivity index (χ2v) is 8.96. The van der Waals surface area contributed by atoms with Gasteiger partial charge in [0.05, 0.1) is 5.56 Å². The molecule has 1 spiro atoms. The van der Waals surface area contributed by atoms with E-state index in [4.69, 9.17) is 11.6 Å². The summed E-state index contributed by atoms with van der Waals surface area (Å²) in [5.41, 5.74) is 2.15. The molecule has 3 aliphatic carbocycles.